The maximum Gasteiger partial charge on any atom is 0.356 e. The summed E-state index contributed by atoms with van der Waals surface area (Å²) < 4.78 is 23.0. The molecule has 0 aromatic heterocycles. The highest BCUT2D eigenvalue weighted by atomic mass is 31.2. The van der Waals surface area contributed by atoms with E-state index in [1.165, 1.54) is 12.2 Å². The van der Waals surface area contributed by atoms with Gasteiger partial charge in [0.1, 0.15) is 5.66 Å². The SMILES string of the molecule is C=CC(=O)NC1(P(=O)(O)O)C=CC=CC1P(=O)(O)O. The smallest absolute Gasteiger partial charge is 0.332 e. The molecule has 0 bridgehead atoms. The summed E-state index contributed by atoms with van der Waals surface area (Å²) in [6.45, 7) is 3.13. The zero-order valence-electron chi connectivity index (χ0n) is 9.58. The van der Waals surface area contributed by atoms with Crippen LogP contribution in [0.25, 0.3) is 0 Å². The van der Waals surface area contributed by atoms with Crippen LogP contribution >= 0.6 is 15.2 Å². The van der Waals surface area contributed by atoms with Crippen LogP contribution in [0.3, 0.4) is 0 Å². The van der Waals surface area contributed by atoms with Crippen molar-refractivity contribution < 1.29 is 33.5 Å². The van der Waals surface area contributed by atoms with Gasteiger partial charge in [-0.05, 0) is 12.2 Å². The van der Waals surface area contributed by atoms with Crippen LogP contribution in [0.2, 0.25) is 0 Å². The molecule has 0 saturated carbocycles. The van der Waals surface area contributed by atoms with Gasteiger partial charge in [0.2, 0.25) is 5.91 Å². The second kappa shape index (κ2) is 5.17. The Bertz CT molecular complexity index is 543. The molecule has 1 aliphatic rings. The van der Waals surface area contributed by atoms with Crippen LogP contribution in [-0.4, -0.2) is 36.4 Å². The van der Waals surface area contributed by atoms with Crippen molar-refractivity contribution in [3.8, 4) is 0 Å². The van der Waals surface area contributed by atoms with Crippen LogP contribution in [0.15, 0.2) is 37.0 Å². The lowest BCUT2D eigenvalue weighted by Gasteiger charge is -2.38. The second-order valence-corrected chi connectivity index (χ2v) is 7.40. The predicted octanol–water partition coefficient (Wildman–Crippen LogP) is -0.165. The van der Waals surface area contributed by atoms with Gasteiger partial charge >= 0.3 is 15.2 Å². The maximum atomic E-state index is 11.6. The molecular formula is C9H13NO7P2. The Morgan fingerprint density at radius 2 is 1.84 bits per heavy atom. The second-order valence-electron chi connectivity index (χ2n) is 3.84. The Hall–Kier alpha value is -1.01. The summed E-state index contributed by atoms with van der Waals surface area (Å²) in [7, 11) is -10.0. The molecule has 5 N–H and O–H groups in total. The van der Waals surface area contributed by atoms with Crippen LogP contribution < -0.4 is 5.32 Å². The largest absolute Gasteiger partial charge is 0.356 e. The molecule has 0 spiro atoms. The summed E-state index contributed by atoms with van der Waals surface area (Å²) in [6, 6.07) is 0. The number of allylic oxidation sites excluding steroid dienone is 2. The lowest BCUT2D eigenvalue weighted by atomic mass is 10.1. The highest BCUT2D eigenvalue weighted by Gasteiger charge is 2.57. The fourth-order valence-corrected chi connectivity index (χ4v) is 4.55. The normalized spacial score (nSPS) is 27.1. The van der Waals surface area contributed by atoms with Crippen LogP contribution in [0, 0.1) is 0 Å². The van der Waals surface area contributed by atoms with Crippen molar-refractivity contribution >= 4 is 21.1 Å². The third-order valence-corrected chi connectivity index (χ3v) is 5.57. The lowest BCUT2D eigenvalue weighted by molar-refractivity contribution is -0.117. The molecule has 0 radical (unpaired) electrons. The Morgan fingerprint density at radius 3 is 2.26 bits per heavy atom. The quantitative estimate of drug-likeness (QED) is 0.358. The molecule has 1 rings (SSSR count). The minimum absolute atomic E-state index is 0.750. The van der Waals surface area contributed by atoms with Crippen molar-refractivity contribution in [3.63, 3.8) is 0 Å². The minimum atomic E-state index is -5.10. The summed E-state index contributed by atoms with van der Waals surface area (Å²) in [5.74, 6) is -0.957. The van der Waals surface area contributed by atoms with E-state index in [1.54, 1.807) is 0 Å². The monoisotopic (exact) mass is 309 g/mol. The molecule has 0 heterocycles. The minimum Gasteiger partial charge on any atom is -0.332 e. The third-order valence-electron chi connectivity index (χ3n) is 2.56. The number of nitrogens with one attached hydrogen (secondary N) is 1. The van der Waals surface area contributed by atoms with E-state index < -0.39 is 32.0 Å². The molecular weight excluding hydrogens is 296 g/mol. The van der Waals surface area contributed by atoms with Crippen LogP contribution in [0.1, 0.15) is 0 Å². The van der Waals surface area contributed by atoms with Gasteiger partial charge in [-0.25, -0.2) is 0 Å². The van der Waals surface area contributed by atoms with Crippen molar-refractivity contribution in [1.29, 1.82) is 0 Å². The van der Waals surface area contributed by atoms with Crippen molar-refractivity contribution in [3.05, 3.63) is 37.0 Å². The van der Waals surface area contributed by atoms with Gasteiger partial charge in [-0.2, -0.15) is 0 Å². The molecule has 19 heavy (non-hydrogen) atoms. The molecule has 106 valence electrons. The zero-order valence-corrected chi connectivity index (χ0v) is 11.4. The van der Waals surface area contributed by atoms with Crippen molar-refractivity contribution in [1.82, 2.24) is 5.32 Å². The summed E-state index contributed by atoms with van der Waals surface area (Å²) in [5.41, 5.74) is -1.87. The summed E-state index contributed by atoms with van der Waals surface area (Å²) in [6.07, 6.45) is 4.99. The van der Waals surface area contributed by atoms with Crippen LogP contribution in [0.4, 0.5) is 0 Å². The third kappa shape index (κ3) is 3.12. The fraction of sp³-hybridized carbons (Fsp3) is 0.222. The summed E-state index contributed by atoms with van der Waals surface area (Å²) >= 11 is 0. The van der Waals surface area contributed by atoms with Crippen LogP contribution in [0.5, 0.6) is 0 Å². The van der Waals surface area contributed by atoms with E-state index in [0.717, 1.165) is 18.2 Å². The van der Waals surface area contributed by atoms with E-state index in [0.29, 0.717) is 0 Å². The Labute approximate surface area is 108 Å². The molecule has 0 aromatic rings. The predicted molar refractivity (Wildman–Crippen MR) is 67.2 cm³/mol. The molecule has 0 aromatic carbocycles. The average Bonchev–Trinajstić information content (AvgIpc) is 2.26. The van der Waals surface area contributed by atoms with E-state index in [1.807, 2.05) is 5.32 Å². The lowest BCUT2D eigenvalue weighted by Crippen LogP contribution is -2.54. The van der Waals surface area contributed by atoms with E-state index in [4.69, 9.17) is 0 Å². The molecule has 10 heteroatoms. The molecule has 2 unspecified atom stereocenters. The van der Waals surface area contributed by atoms with Gasteiger partial charge in [0.25, 0.3) is 0 Å². The van der Waals surface area contributed by atoms with Crippen LogP contribution in [-0.2, 0) is 13.9 Å². The number of amides is 1. The summed E-state index contributed by atoms with van der Waals surface area (Å²) in [5, 5.41) is -0.566. The number of carbonyl (C=O) groups is 1. The van der Waals surface area contributed by atoms with Gasteiger partial charge in [0.15, 0.2) is 5.28 Å². The molecule has 1 aliphatic carbocycles. The fourth-order valence-electron chi connectivity index (χ4n) is 1.69. The Kier molecular flexibility index (Phi) is 4.37. The highest BCUT2D eigenvalue weighted by molar-refractivity contribution is 7.58. The van der Waals surface area contributed by atoms with Gasteiger partial charge in [0, 0.05) is 0 Å². The molecule has 8 nitrogen and oxygen atoms in total. The van der Waals surface area contributed by atoms with Gasteiger partial charge in [-0.3, -0.25) is 13.9 Å². The number of hydrogen-bond donors (Lipinski definition) is 5. The Morgan fingerprint density at radius 1 is 1.26 bits per heavy atom. The molecule has 0 fully saturated rings. The van der Waals surface area contributed by atoms with Gasteiger partial charge in [-0.1, -0.05) is 24.8 Å². The highest BCUT2D eigenvalue weighted by Crippen LogP contribution is 2.61. The van der Waals surface area contributed by atoms with Crippen molar-refractivity contribution in [2.75, 3.05) is 0 Å². The van der Waals surface area contributed by atoms with E-state index in [-0.39, 0.29) is 0 Å². The van der Waals surface area contributed by atoms with Gasteiger partial charge in [-0.15, -0.1) is 0 Å². The zero-order chi connectivity index (χ0) is 14.9. The molecule has 1 amide bonds. The topological polar surface area (TPSA) is 144 Å². The average molecular weight is 309 g/mol. The van der Waals surface area contributed by atoms with Crippen molar-refractivity contribution in [2.45, 2.75) is 10.9 Å². The van der Waals surface area contributed by atoms with E-state index in [2.05, 4.69) is 6.58 Å². The Balaban J connectivity index is 3.45. The first-order valence-electron chi connectivity index (χ1n) is 4.96. The van der Waals surface area contributed by atoms with Gasteiger partial charge < -0.3 is 24.9 Å². The molecule has 2 atom stereocenters. The molecule has 0 aliphatic heterocycles. The molecule has 0 saturated heterocycles. The standard InChI is InChI=1S/C9H13NO7P2/c1-2-8(11)10-9(19(15,16)17)6-4-3-5-7(9)18(12,13)14/h2-7H,1H2,(H,10,11)(H2,12,13,14)(H2,15,16,17). The first-order chi connectivity index (χ1) is 8.54. The van der Waals surface area contributed by atoms with E-state index >= 15 is 0 Å². The van der Waals surface area contributed by atoms with Gasteiger partial charge in [0.05, 0.1) is 0 Å². The first kappa shape index (κ1) is 16.0. The maximum absolute atomic E-state index is 11.6. The number of hydrogen-bond acceptors (Lipinski definition) is 3. The first-order valence-corrected chi connectivity index (χ1v) is 8.25. The van der Waals surface area contributed by atoms with E-state index in [9.17, 15) is 33.5 Å². The summed E-state index contributed by atoms with van der Waals surface area (Å²) in [4.78, 5) is 48.6. The van der Waals surface area contributed by atoms with Crippen molar-refractivity contribution in [2.24, 2.45) is 0 Å². The number of rotatable bonds is 4. The number of carbonyl (C=O) groups excluding carboxylic acids is 1.